The monoisotopic (exact) mass is 1010 g/mol. The Morgan fingerprint density at radius 3 is 1.28 bits per heavy atom. The summed E-state index contributed by atoms with van der Waals surface area (Å²) in [6.07, 6.45) is 64.4. The van der Waals surface area contributed by atoms with Crippen LogP contribution >= 0.6 is 0 Å². The van der Waals surface area contributed by atoms with Crippen molar-refractivity contribution >= 4 is 5.91 Å². The summed E-state index contributed by atoms with van der Waals surface area (Å²) in [7, 11) is 0. The van der Waals surface area contributed by atoms with Crippen molar-refractivity contribution in [1.29, 1.82) is 0 Å². The average molecular weight is 1010 g/mol. The van der Waals surface area contributed by atoms with Crippen molar-refractivity contribution in [2.24, 2.45) is 0 Å². The minimum Gasteiger partial charge on any atom is -0.394 e. The number of nitrogens with one attached hydrogen (secondary N) is 1. The Hall–Kier alpha value is -2.11. The standard InChI is InChI=1S/C63H115NO8/c1-3-5-7-9-11-13-15-17-19-21-23-25-26-27-28-29-30-31-33-34-36-38-40-42-44-46-48-50-52-57(66)56(55-71-63-62(70)61(69)60(68)58(54-65)72-63)64-59(67)53-51-49-47-45-43-41-39-37-35-32-24-22-20-18-16-14-12-10-8-6-4-2/h6,8,12,14,18,20,24,32,50,52,56-58,60-63,65-66,68-70H,3-5,7,9-11,13,15-17,19,21-23,25-31,33-49,51,53-55H2,1-2H3,(H,64,67)/b8-6-,14-12-,20-18-,32-24-,52-50+. The molecule has 420 valence electrons. The third kappa shape index (κ3) is 41.2. The molecule has 1 fully saturated rings. The zero-order valence-electron chi connectivity index (χ0n) is 46.7. The summed E-state index contributed by atoms with van der Waals surface area (Å²) >= 11 is 0. The highest BCUT2D eigenvalue weighted by Crippen LogP contribution is 2.23. The first-order chi connectivity index (χ1) is 35.3. The van der Waals surface area contributed by atoms with Crippen LogP contribution in [0.15, 0.2) is 60.8 Å². The van der Waals surface area contributed by atoms with Gasteiger partial charge in [-0.1, -0.05) is 274 Å². The maximum absolute atomic E-state index is 13.1. The molecule has 1 aliphatic heterocycles. The first-order valence-corrected chi connectivity index (χ1v) is 30.5. The molecule has 72 heavy (non-hydrogen) atoms. The highest BCUT2D eigenvalue weighted by Gasteiger charge is 2.44. The molecule has 1 heterocycles. The van der Waals surface area contributed by atoms with E-state index >= 15 is 0 Å². The summed E-state index contributed by atoms with van der Waals surface area (Å²) in [4.78, 5) is 13.1. The molecule has 0 aromatic carbocycles. The smallest absolute Gasteiger partial charge is 0.220 e. The van der Waals surface area contributed by atoms with Crippen LogP contribution in [0.25, 0.3) is 0 Å². The third-order valence-corrected chi connectivity index (χ3v) is 14.3. The van der Waals surface area contributed by atoms with Gasteiger partial charge in [-0.3, -0.25) is 4.79 Å². The van der Waals surface area contributed by atoms with Gasteiger partial charge in [0.05, 0.1) is 25.4 Å². The van der Waals surface area contributed by atoms with Gasteiger partial charge in [0.1, 0.15) is 24.4 Å². The maximum atomic E-state index is 13.1. The fraction of sp³-hybridized carbons (Fsp3) is 0.825. The van der Waals surface area contributed by atoms with Crippen molar-refractivity contribution in [1.82, 2.24) is 5.32 Å². The molecular weight excluding hydrogens is 899 g/mol. The highest BCUT2D eigenvalue weighted by atomic mass is 16.7. The van der Waals surface area contributed by atoms with Crippen LogP contribution in [0.5, 0.6) is 0 Å². The van der Waals surface area contributed by atoms with Crippen molar-refractivity contribution < 1.29 is 39.8 Å². The number of ether oxygens (including phenoxy) is 2. The summed E-state index contributed by atoms with van der Waals surface area (Å²) in [5.41, 5.74) is 0. The van der Waals surface area contributed by atoms with Gasteiger partial charge < -0.3 is 40.3 Å². The Kier molecular flexibility index (Phi) is 49.4. The Morgan fingerprint density at radius 2 is 0.861 bits per heavy atom. The average Bonchev–Trinajstić information content (AvgIpc) is 3.38. The second kappa shape index (κ2) is 52.3. The zero-order chi connectivity index (χ0) is 52.2. The molecule has 6 N–H and O–H groups in total. The van der Waals surface area contributed by atoms with Crippen LogP contribution in [0.3, 0.4) is 0 Å². The molecule has 0 spiro atoms. The second-order valence-corrected chi connectivity index (χ2v) is 21.1. The topological polar surface area (TPSA) is 149 Å². The summed E-state index contributed by atoms with van der Waals surface area (Å²) in [6, 6.07) is -0.813. The van der Waals surface area contributed by atoms with Crippen LogP contribution in [0.1, 0.15) is 277 Å². The van der Waals surface area contributed by atoms with E-state index in [1.807, 2.05) is 6.08 Å². The fourth-order valence-corrected chi connectivity index (χ4v) is 9.56. The van der Waals surface area contributed by atoms with E-state index in [1.165, 1.54) is 180 Å². The number of allylic oxidation sites excluding steroid dienone is 9. The molecule has 0 radical (unpaired) electrons. The van der Waals surface area contributed by atoms with E-state index in [-0.39, 0.29) is 12.5 Å². The number of carbonyl (C=O) groups is 1. The Bertz CT molecular complexity index is 1310. The molecule has 7 atom stereocenters. The molecular formula is C63H115NO8. The van der Waals surface area contributed by atoms with E-state index in [2.05, 4.69) is 67.8 Å². The van der Waals surface area contributed by atoms with Gasteiger partial charge in [-0.2, -0.15) is 0 Å². The first kappa shape index (κ1) is 67.9. The molecule has 1 amide bonds. The van der Waals surface area contributed by atoms with Gasteiger partial charge in [0, 0.05) is 6.42 Å². The highest BCUT2D eigenvalue weighted by molar-refractivity contribution is 5.76. The van der Waals surface area contributed by atoms with Crippen LogP contribution in [-0.4, -0.2) is 87.5 Å². The van der Waals surface area contributed by atoms with Crippen LogP contribution in [0, 0.1) is 0 Å². The van der Waals surface area contributed by atoms with E-state index in [0.29, 0.717) is 6.42 Å². The molecule has 0 saturated carbocycles. The predicted molar refractivity (Wildman–Crippen MR) is 304 cm³/mol. The molecule has 0 aromatic heterocycles. The Morgan fingerprint density at radius 1 is 0.486 bits per heavy atom. The van der Waals surface area contributed by atoms with Gasteiger partial charge >= 0.3 is 0 Å². The molecule has 1 aliphatic rings. The van der Waals surface area contributed by atoms with E-state index in [9.17, 15) is 30.3 Å². The van der Waals surface area contributed by atoms with Gasteiger partial charge in [-0.05, 0) is 57.8 Å². The normalized spacial score (nSPS) is 19.6. The number of aliphatic hydroxyl groups excluding tert-OH is 5. The lowest BCUT2D eigenvalue weighted by Gasteiger charge is -2.40. The van der Waals surface area contributed by atoms with Crippen molar-refractivity contribution in [2.75, 3.05) is 13.2 Å². The van der Waals surface area contributed by atoms with E-state index in [4.69, 9.17) is 9.47 Å². The number of hydrogen-bond acceptors (Lipinski definition) is 8. The number of aliphatic hydroxyl groups is 5. The van der Waals surface area contributed by atoms with Gasteiger partial charge in [0.25, 0.3) is 0 Å². The molecule has 1 saturated heterocycles. The van der Waals surface area contributed by atoms with Crippen molar-refractivity contribution in [2.45, 2.75) is 320 Å². The van der Waals surface area contributed by atoms with Crippen LogP contribution in [0.2, 0.25) is 0 Å². The fourth-order valence-electron chi connectivity index (χ4n) is 9.56. The maximum Gasteiger partial charge on any atom is 0.220 e. The summed E-state index contributed by atoms with van der Waals surface area (Å²) in [6.45, 7) is 3.69. The van der Waals surface area contributed by atoms with E-state index in [0.717, 1.165) is 77.0 Å². The Labute approximate surface area is 443 Å². The molecule has 0 aliphatic carbocycles. The number of hydrogen-bond donors (Lipinski definition) is 6. The van der Waals surface area contributed by atoms with Gasteiger partial charge in [0.15, 0.2) is 6.29 Å². The van der Waals surface area contributed by atoms with Gasteiger partial charge in [-0.15, -0.1) is 0 Å². The van der Waals surface area contributed by atoms with Crippen molar-refractivity contribution in [3.63, 3.8) is 0 Å². The minimum atomic E-state index is -1.57. The lowest BCUT2D eigenvalue weighted by molar-refractivity contribution is -0.302. The van der Waals surface area contributed by atoms with Crippen LogP contribution < -0.4 is 5.32 Å². The van der Waals surface area contributed by atoms with Crippen LogP contribution in [0.4, 0.5) is 0 Å². The van der Waals surface area contributed by atoms with Crippen molar-refractivity contribution in [3.8, 4) is 0 Å². The number of rotatable bonds is 52. The molecule has 0 bridgehead atoms. The largest absolute Gasteiger partial charge is 0.394 e. The lowest BCUT2D eigenvalue weighted by atomic mass is 9.99. The second-order valence-electron chi connectivity index (χ2n) is 21.1. The molecule has 9 nitrogen and oxygen atoms in total. The van der Waals surface area contributed by atoms with Crippen molar-refractivity contribution in [3.05, 3.63) is 60.8 Å². The van der Waals surface area contributed by atoms with E-state index < -0.39 is 49.5 Å². The SMILES string of the molecule is CC/C=C\C/C=C\C/C=C\C/C=C\CCCCCCCCCCC(=O)NC(COC1OC(CO)C(O)C(O)C1O)C(O)/C=C/CCCCCCCCCCCCCCCCCCCCCCCCCCCC. The van der Waals surface area contributed by atoms with Gasteiger partial charge in [0.2, 0.25) is 5.91 Å². The Balaban J connectivity index is 2.20. The number of carbonyl (C=O) groups excluding carboxylic acids is 1. The zero-order valence-corrected chi connectivity index (χ0v) is 46.7. The van der Waals surface area contributed by atoms with E-state index in [1.54, 1.807) is 6.08 Å². The molecule has 1 rings (SSSR count). The molecule has 0 aromatic rings. The first-order valence-electron chi connectivity index (χ1n) is 30.5. The number of unbranched alkanes of at least 4 members (excludes halogenated alkanes) is 34. The summed E-state index contributed by atoms with van der Waals surface area (Å²) < 4.78 is 11.3. The van der Waals surface area contributed by atoms with Gasteiger partial charge in [-0.25, -0.2) is 0 Å². The minimum absolute atomic E-state index is 0.184. The number of amides is 1. The third-order valence-electron chi connectivity index (χ3n) is 14.3. The molecule has 7 unspecified atom stereocenters. The lowest BCUT2D eigenvalue weighted by Crippen LogP contribution is -2.60. The summed E-state index contributed by atoms with van der Waals surface area (Å²) in [5, 5.41) is 54.6. The molecule has 9 heteroatoms. The predicted octanol–water partition coefficient (Wildman–Crippen LogP) is 15.5. The summed E-state index contributed by atoms with van der Waals surface area (Å²) in [5.74, 6) is -0.184. The van der Waals surface area contributed by atoms with Crippen LogP contribution in [-0.2, 0) is 14.3 Å². The quantitative estimate of drug-likeness (QED) is 0.0261.